The number of piperazine rings is 1. The number of carbonyl (C=O) groups excluding carboxylic acids is 1. The maximum Gasteiger partial charge on any atom is 0.227 e. The van der Waals surface area contributed by atoms with Crippen LogP contribution in [-0.4, -0.2) is 46.9 Å². The van der Waals surface area contributed by atoms with E-state index < -0.39 is 0 Å². The van der Waals surface area contributed by atoms with E-state index in [-0.39, 0.29) is 5.91 Å². The molecule has 5 nitrogen and oxygen atoms in total. The number of hydrogen-bond donors (Lipinski definition) is 0. The van der Waals surface area contributed by atoms with Crippen molar-refractivity contribution >= 4 is 16.9 Å². The Morgan fingerprint density at radius 3 is 2.59 bits per heavy atom. The molecule has 1 saturated heterocycles. The molecule has 0 spiro atoms. The van der Waals surface area contributed by atoms with Gasteiger partial charge in [-0.2, -0.15) is 0 Å². The highest BCUT2D eigenvalue weighted by Gasteiger charge is 2.22. The van der Waals surface area contributed by atoms with Gasteiger partial charge >= 0.3 is 0 Å². The molecule has 1 aliphatic rings. The molecule has 3 heterocycles. The normalized spacial score (nSPS) is 15.4. The maximum atomic E-state index is 12.8. The highest BCUT2D eigenvalue weighted by atomic mass is 16.3. The van der Waals surface area contributed by atoms with Crippen molar-refractivity contribution in [3.05, 3.63) is 65.7 Å². The zero-order valence-corrected chi connectivity index (χ0v) is 15.7. The van der Waals surface area contributed by atoms with Crippen LogP contribution >= 0.6 is 0 Å². The smallest absolute Gasteiger partial charge is 0.227 e. The number of pyridine rings is 1. The molecule has 4 rings (SSSR count). The lowest BCUT2D eigenvalue weighted by atomic mass is 10.1. The standard InChI is InChI=1S/C22H25N3O2/c1-2-17-3-4-20-19(16-27-21(20)13-17)14-22(26)25-11-9-24(10-12-25)15-18-5-7-23-8-6-18/h3-8,13,16H,2,9-12,14-15H2,1H3. The highest BCUT2D eigenvalue weighted by Crippen LogP contribution is 2.24. The summed E-state index contributed by atoms with van der Waals surface area (Å²) in [5, 5.41) is 1.05. The van der Waals surface area contributed by atoms with Crippen molar-refractivity contribution in [2.45, 2.75) is 26.3 Å². The molecule has 140 valence electrons. The fourth-order valence-electron chi connectivity index (χ4n) is 3.66. The van der Waals surface area contributed by atoms with Crippen LogP contribution in [0, 0.1) is 0 Å². The number of amides is 1. The van der Waals surface area contributed by atoms with Gasteiger partial charge in [-0.25, -0.2) is 0 Å². The molecule has 0 atom stereocenters. The number of carbonyl (C=O) groups is 1. The number of nitrogens with zero attached hydrogens (tertiary/aromatic N) is 3. The minimum atomic E-state index is 0.181. The molecule has 5 heteroatoms. The van der Waals surface area contributed by atoms with Crippen molar-refractivity contribution in [3.8, 4) is 0 Å². The number of rotatable bonds is 5. The predicted octanol–water partition coefficient (Wildman–Crippen LogP) is 3.28. The number of fused-ring (bicyclic) bond motifs is 1. The van der Waals surface area contributed by atoms with Gasteiger partial charge in [0.1, 0.15) is 5.58 Å². The SMILES string of the molecule is CCc1ccc2c(CC(=O)N3CCN(Cc4ccncc4)CC3)coc2c1. The molecule has 0 N–H and O–H groups in total. The quantitative estimate of drug-likeness (QED) is 0.698. The molecular weight excluding hydrogens is 338 g/mol. The number of benzene rings is 1. The molecule has 2 aromatic heterocycles. The Morgan fingerprint density at radius 2 is 1.85 bits per heavy atom. The van der Waals surface area contributed by atoms with Crippen LogP contribution in [0.2, 0.25) is 0 Å². The predicted molar refractivity (Wildman–Crippen MR) is 105 cm³/mol. The summed E-state index contributed by atoms with van der Waals surface area (Å²) >= 11 is 0. The van der Waals surface area contributed by atoms with Crippen LogP contribution in [0.15, 0.2) is 53.4 Å². The van der Waals surface area contributed by atoms with Crippen molar-refractivity contribution < 1.29 is 9.21 Å². The Hall–Kier alpha value is -2.66. The number of aromatic nitrogens is 1. The summed E-state index contributed by atoms with van der Waals surface area (Å²) in [5.74, 6) is 0.181. The average molecular weight is 363 g/mol. The second kappa shape index (κ2) is 7.92. The number of hydrogen-bond acceptors (Lipinski definition) is 4. The van der Waals surface area contributed by atoms with Gasteiger partial charge in [0.25, 0.3) is 0 Å². The largest absolute Gasteiger partial charge is 0.464 e. The second-order valence-corrected chi connectivity index (χ2v) is 7.13. The van der Waals surface area contributed by atoms with Crippen molar-refractivity contribution in [1.29, 1.82) is 0 Å². The number of aryl methyl sites for hydroxylation is 1. The third kappa shape index (κ3) is 4.03. The van der Waals surface area contributed by atoms with E-state index in [1.165, 1.54) is 11.1 Å². The molecule has 0 radical (unpaired) electrons. The third-order valence-electron chi connectivity index (χ3n) is 5.35. The van der Waals surface area contributed by atoms with Crippen LogP contribution in [0.1, 0.15) is 23.6 Å². The first-order valence-corrected chi connectivity index (χ1v) is 9.61. The summed E-state index contributed by atoms with van der Waals surface area (Å²) in [6.07, 6.45) is 6.78. The molecule has 0 aliphatic carbocycles. The van der Waals surface area contributed by atoms with E-state index in [9.17, 15) is 4.79 Å². The Morgan fingerprint density at radius 1 is 1.07 bits per heavy atom. The summed E-state index contributed by atoms with van der Waals surface area (Å²) in [5.41, 5.74) is 4.37. The van der Waals surface area contributed by atoms with E-state index in [2.05, 4.69) is 35.0 Å². The van der Waals surface area contributed by atoms with Gasteiger partial charge in [0, 0.05) is 56.1 Å². The van der Waals surface area contributed by atoms with Gasteiger partial charge in [0.15, 0.2) is 0 Å². The average Bonchev–Trinajstić information content (AvgIpc) is 3.11. The molecular formula is C22H25N3O2. The lowest BCUT2D eigenvalue weighted by Crippen LogP contribution is -2.48. The lowest BCUT2D eigenvalue weighted by Gasteiger charge is -2.34. The first kappa shape index (κ1) is 17.7. The van der Waals surface area contributed by atoms with E-state index in [0.717, 1.165) is 55.7 Å². The molecule has 3 aromatic rings. The van der Waals surface area contributed by atoms with Crippen LogP contribution in [0.25, 0.3) is 11.0 Å². The van der Waals surface area contributed by atoms with E-state index >= 15 is 0 Å². The third-order valence-corrected chi connectivity index (χ3v) is 5.35. The van der Waals surface area contributed by atoms with Gasteiger partial charge in [-0.05, 0) is 35.7 Å². The van der Waals surface area contributed by atoms with E-state index in [1.54, 1.807) is 6.26 Å². The zero-order valence-electron chi connectivity index (χ0n) is 15.7. The molecule has 1 fully saturated rings. The second-order valence-electron chi connectivity index (χ2n) is 7.13. The van der Waals surface area contributed by atoms with Crippen LogP contribution in [0.4, 0.5) is 0 Å². The summed E-state index contributed by atoms with van der Waals surface area (Å²) in [4.78, 5) is 21.2. The van der Waals surface area contributed by atoms with Crippen molar-refractivity contribution in [2.75, 3.05) is 26.2 Å². The van der Waals surface area contributed by atoms with Gasteiger partial charge in [-0.15, -0.1) is 0 Å². The van der Waals surface area contributed by atoms with E-state index in [4.69, 9.17) is 4.42 Å². The zero-order chi connectivity index (χ0) is 18.6. The first-order chi connectivity index (χ1) is 13.2. The topological polar surface area (TPSA) is 49.6 Å². The fraction of sp³-hybridized carbons (Fsp3) is 0.364. The summed E-state index contributed by atoms with van der Waals surface area (Å²) in [6, 6.07) is 10.4. The summed E-state index contributed by atoms with van der Waals surface area (Å²) < 4.78 is 5.68. The Bertz CT molecular complexity index is 912. The van der Waals surface area contributed by atoms with Crippen LogP contribution in [-0.2, 0) is 24.2 Å². The lowest BCUT2D eigenvalue weighted by molar-refractivity contribution is -0.132. The van der Waals surface area contributed by atoms with Crippen LogP contribution in [0.3, 0.4) is 0 Å². The molecule has 1 aromatic carbocycles. The van der Waals surface area contributed by atoms with Crippen molar-refractivity contribution in [2.24, 2.45) is 0 Å². The first-order valence-electron chi connectivity index (χ1n) is 9.61. The minimum absolute atomic E-state index is 0.181. The number of furan rings is 1. The molecule has 27 heavy (non-hydrogen) atoms. The van der Waals surface area contributed by atoms with Gasteiger partial charge in [0.2, 0.25) is 5.91 Å². The fourth-order valence-corrected chi connectivity index (χ4v) is 3.66. The molecule has 0 unspecified atom stereocenters. The summed E-state index contributed by atoms with van der Waals surface area (Å²) in [6.45, 7) is 6.40. The van der Waals surface area contributed by atoms with Crippen LogP contribution < -0.4 is 0 Å². The minimum Gasteiger partial charge on any atom is -0.464 e. The maximum absolute atomic E-state index is 12.8. The molecule has 0 saturated carbocycles. The van der Waals surface area contributed by atoms with Gasteiger partial charge in [-0.3, -0.25) is 14.7 Å². The van der Waals surface area contributed by atoms with E-state index in [0.29, 0.717) is 6.42 Å². The van der Waals surface area contributed by atoms with Crippen molar-refractivity contribution in [1.82, 2.24) is 14.8 Å². The Labute approximate surface area is 159 Å². The molecule has 0 bridgehead atoms. The van der Waals surface area contributed by atoms with Crippen molar-refractivity contribution in [3.63, 3.8) is 0 Å². The van der Waals surface area contributed by atoms with Gasteiger partial charge in [-0.1, -0.05) is 19.1 Å². The Balaban J connectivity index is 1.34. The monoisotopic (exact) mass is 363 g/mol. The Kier molecular flexibility index (Phi) is 5.21. The summed E-state index contributed by atoms with van der Waals surface area (Å²) in [7, 11) is 0. The molecule has 1 amide bonds. The highest BCUT2D eigenvalue weighted by molar-refractivity contribution is 5.88. The molecule has 1 aliphatic heterocycles. The van der Waals surface area contributed by atoms with Crippen LogP contribution in [0.5, 0.6) is 0 Å². The van der Waals surface area contributed by atoms with E-state index in [1.807, 2.05) is 29.4 Å². The van der Waals surface area contributed by atoms with Gasteiger partial charge in [0.05, 0.1) is 12.7 Å². The van der Waals surface area contributed by atoms with Gasteiger partial charge < -0.3 is 9.32 Å².